The van der Waals surface area contributed by atoms with E-state index in [0.29, 0.717) is 21.9 Å². The number of nitro groups is 1. The lowest BCUT2D eigenvalue weighted by Crippen LogP contribution is -2.53. The number of carbonyl (C=O) groups excluding carboxylic acids is 4. The first-order valence-electron chi connectivity index (χ1n) is 17.3. The number of benzene rings is 4. The lowest BCUT2D eigenvalue weighted by Gasteiger charge is -2.50. The number of nitrogens with one attached hydrogen (secondary N) is 1. The predicted octanol–water partition coefficient (Wildman–Crippen LogP) is 6.81. The van der Waals surface area contributed by atoms with Crippen LogP contribution < -0.4 is 19.8 Å². The second-order valence-electron chi connectivity index (χ2n) is 13.9. The first kappa shape index (κ1) is 36.1. The minimum atomic E-state index is -1.73. The number of aromatic hydroxyl groups is 1. The number of non-ortho nitro benzene ring substituents is 1. The quantitative estimate of drug-likeness (QED) is 0.0838. The number of hydrazine groups is 1. The summed E-state index contributed by atoms with van der Waals surface area (Å²) in [5.74, 6) is -6.72. The number of fused-ring (bicyclic) bond motifs is 4. The zero-order chi connectivity index (χ0) is 38.9. The Bertz CT molecular complexity index is 2350. The van der Waals surface area contributed by atoms with Crippen LogP contribution in [0, 0.1) is 33.8 Å². The average molecular weight is 784 g/mol. The second kappa shape index (κ2) is 13.4. The van der Waals surface area contributed by atoms with Gasteiger partial charge in [-0.2, -0.15) is 5.01 Å². The topological polar surface area (TPSA) is 169 Å². The van der Waals surface area contributed by atoms with Gasteiger partial charge in [0.2, 0.25) is 11.8 Å². The first-order valence-corrected chi connectivity index (χ1v) is 18.1. The van der Waals surface area contributed by atoms with Crippen molar-refractivity contribution < 1.29 is 38.7 Å². The molecule has 4 aromatic rings. The number of imide groups is 2. The van der Waals surface area contributed by atoms with Gasteiger partial charge < -0.3 is 14.6 Å². The molecule has 6 unspecified atom stereocenters. The van der Waals surface area contributed by atoms with Crippen LogP contribution in [0.5, 0.6) is 17.2 Å². The van der Waals surface area contributed by atoms with Crippen LogP contribution in [0.25, 0.3) is 0 Å². The number of phenolic OH excluding ortho intramolecular Hbond substituents is 1. The van der Waals surface area contributed by atoms with Crippen molar-refractivity contribution in [2.75, 3.05) is 24.5 Å². The van der Waals surface area contributed by atoms with Crippen molar-refractivity contribution >= 4 is 63.9 Å². The van der Waals surface area contributed by atoms with Crippen LogP contribution >= 0.6 is 23.2 Å². The average Bonchev–Trinajstić information content (AvgIpc) is 3.56. The van der Waals surface area contributed by atoms with Gasteiger partial charge >= 0.3 is 0 Å². The normalized spacial score (nSPS) is 25.6. The third-order valence-electron chi connectivity index (χ3n) is 11.4. The summed E-state index contributed by atoms with van der Waals surface area (Å²) in [6.07, 6.45) is 1.88. The summed E-state index contributed by atoms with van der Waals surface area (Å²) in [5, 5.41) is 24.8. The third-order valence-corrected chi connectivity index (χ3v) is 12.0. The van der Waals surface area contributed by atoms with Crippen molar-refractivity contribution in [1.29, 1.82) is 0 Å². The fourth-order valence-electron chi connectivity index (χ4n) is 9.16. The highest BCUT2D eigenvalue weighted by Gasteiger charge is 2.71. The summed E-state index contributed by atoms with van der Waals surface area (Å²) in [6, 6.07) is 21.3. The van der Waals surface area contributed by atoms with Crippen molar-refractivity contribution in [3.05, 3.63) is 128 Å². The van der Waals surface area contributed by atoms with Gasteiger partial charge in [0.15, 0.2) is 0 Å². The van der Waals surface area contributed by atoms with E-state index in [-0.39, 0.29) is 52.0 Å². The minimum absolute atomic E-state index is 0.0374. The van der Waals surface area contributed by atoms with Crippen molar-refractivity contribution in [1.82, 2.24) is 5.01 Å². The molecule has 8 rings (SSSR count). The summed E-state index contributed by atoms with van der Waals surface area (Å²) in [6.45, 7) is 0. The maximum absolute atomic E-state index is 15.5. The molecule has 0 aromatic heterocycles. The van der Waals surface area contributed by atoms with Gasteiger partial charge in [-0.15, -0.1) is 0 Å². The highest BCUT2D eigenvalue weighted by molar-refractivity contribution is 6.36. The van der Waals surface area contributed by atoms with Crippen molar-refractivity contribution in [3.63, 3.8) is 0 Å². The zero-order valence-electron chi connectivity index (χ0n) is 29.3. The van der Waals surface area contributed by atoms with Crippen LogP contribution in [0.2, 0.25) is 10.0 Å². The number of nitrogens with zero attached hydrogens (tertiary/aromatic N) is 3. The van der Waals surface area contributed by atoms with Gasteiger partial charge in [0, 0.05) is 28.6 Å². The number of hydrogen-bond acceptors (Lipinski definition) is 10. The number of carbonyl (C=O) groups is 4. The van der Waals surface area contributed by atoms with Crippen LogP contribution in [0.3, 0.4) is 0 Å². The predicted molar refractivity (Wildman–Crippen MR) is 201 cm³/mol. The number of allylic oxidation sites excluding steroid dienone is 2. The molecule has 4 amide bonds. The summed E-state index contributed by atoms with van der Waals surface area (Å²) < 4.78 is 11.3. The van der Waals surface area contributed by atoms with Crippen molar-refractivity contribution in [2.45, 2.75) is 24.2 Å². The standard InChI is InChI=1S/C40H32Cl2N4O9/c1-54-24-12-9-20(10-13-24)40-28(37(49)45(39(40)51)43-30-16-11-21(41)17-29(30)42)19-27-25(35(40)34-31(47)7-4-8-32(34)55-2)14-15-26-33(27)38(50)44(36(26)48)22-5-3-6-23(18-22)46(52)53/h3-14,16-18,26-28,33,35,43,47H,15,19H2,1-2H3. The molecular weight excluding hydrogens is 751 g/mol. The van der Waals surface area contributed by atoms with Gasteiger partial charge in [-0.25, -0.2) is 4.90 Å². The minimum Gasteiger partial charge on any atom is -0.508 e. The molecule has 13 nitrogen and oxygen atoms in total. The number of phenols is 1. The van der Waals surface area contributed by atoms with Crippen LogP contribution in [0.15, 0.2) is 96.6 Å². The molecule has 280 valence electrons. The highest BCUT2D eigenvalue weighted by Crippen LogP contribution is 2.66. The van der Waals surface area contributed by atoms with E-state index in [1.54, 1.807) is 42.5 Å². The maximum Gasteiger partial charge on any atom is 0.271 e. The Kier molecular flexibility index (Phi) is 8.81. The molecule has 4 aliphatic rings. The number of nitro benzene ring substituents is 1. The lowest BCUT2D eigenvalue weighted by atomic mass is 9.49. The Labute approximate surface area is 324 Å². The van der Waals surface area contributed by atoms with E-state index in [4.69, 9.17) is 32.7 Å². The molecule has 2 aliphatic carbocycles. The number of rotatable bonds is 8. The SMILES string of the molecule is COc1ccc(C23C(=O)N(Nc4ccc(Cl)cc4Cl)C(=O)C2CC2C(=CCC4C(=O)N(c5cccc([N+](=O)[O-])c5)C(=O)C42)C3c2c(O)cccc2OC)cc1. The van der Waals surface area contributed by atoms with Gasteiger partial charge in [-0.3, -0.25) is 34.7 Å². The van der Waals surface area contributed by atoms with Crippen LogP contribution in [0.4, 0.5) is 17.1 Å². The van der Waals surface area contributed by atoms with Crippen LogP contribution in [-0.2, 0) is 24.6 Å². The first-order chi connectivity index (χ1) is 26.4. The molecule has 2 heterocycles. The van der Waals surface area contributed by atoms with E-state index in [1.807, 2.05) is 6.08 Å². The molecule has 0 radical (unpaired) electrons. The summed E-state index contributed by atoms with van der Waals surface area (Å²) in [5.41, 5.74) is 2.43. The Morgan fingerprint density at radius 3 is 2.33 bits per heavy atom. The molecule has 0 spiro atoms. The number of methoxy groups -OCH3 is 2. The molecule has 6 atom stereocenters. The number of amides is 4. The molecule has 55 heavy (non-hydrogen) atoms. The molecule has 1 saturated carbocycles. The van der Waals surface area contributed by atoms with Crippen LogP contribution in [0.1, 0.15) is 29.9 Å². The van der Waals surface area contributed by atoms with E-state index >= 15 is 4.79 Å². The molecule has 4 aromatic carbocycles. The molecule has 0 bridgehead atoms. The largest absolute Gasteiger partial charge is 0.508 e. The van der Waals surface area contributed by atoms with E-state index < -0.39 is 63.6 Å². The Balaban J connectivity index is 1.35. The fraction of sp³-hybridized carbons (Fsp3) is 0.250. The lowest BCUT2D eigenvalue weighted by molar-refractivity contribution is -0.384. The number of anilines is 2. The Morgan fingerprint density at radius 1 is 0.891 bits per heavy atom. The van der Waals surface area contributed by atoms with Gasteiger partial charge in [0.05, 0.1) is 58.7 Å². The van der Waals surface area contributed by atoms with E-state index in [1.165, 1.54) is 56.7 Å². The number of hydrogen-bond donors (Lipinski definition) is 2. The second-order valence-corrected chi connectivity index (χ2v) is 14.7. The van der Waals surface area contributed by atoms with E-state index in [9.17, 15) is 29.6 Å². The molecule has 2 aliphatic heterocycles. The summed E-state index contributed by atoms with van der Waals surface area (Å²) >= 11 is 12.7. The van der Waals surface area contributed by atoms with Gasteiger partial charge in [-0.05, 0) is 72.9 Å². The van der Waals surface area contributed by atoms with Crippen molar-refractivity contribution in [2.24, 2.45) is 23.7 Å². The van der Waals surface area contributed by atoms with Gasteiger partial charge in [-0.1, -0.05) is 59.1 Å². The smallest absolute Gasteiger partial charge is 0.271 e. The molecule has 2 N–H and O–H groups in total. The Hall–Kier alpha value is -5.92. The van der Waals surface area contributed by atoms with Gasteiger partial charge in [0.25, 0.3) is 17.5 Å². The molecule has 15 heteroatoms. The van der Waals surface area contributed by atoms with Crippen molar-refractivity contribution in [3.8, 4) is 17.2 Å². The van der Waals surface area contributed by atoms with Gasteiger partial charge in [0.1, 0.15) is 17.2 Å². The maximum atomic E-state index is 15.5. The fourth-order valence-corrected chi connectivity index (χ4v) is 9.61. The summed E-state index contributed by atoms with van der Waals surface area (Å²) in [4.78, 5) is 71.1. The number of ether oxygens (including phenoxy) is 2. The van der Waals surface area contributed by atoms with E-state index in [0.717, 1.165) is 9.91 Å². The molecular formula is C40H32Cl2N4O9. The Morgan fingerprint density at radius 2 is 1.64 bits per heavy atom. The molecule has 2 saturated heterocycles. The monoisotopic (exact) mass is 782 g/mol. The highest BCUT2D eigenvalue weighted by atomic mass is 35.5. The number of halogens is 2. The zero-order valence-corrected chi connectivity index (χ0v) is 30.8. The molecule has 3 fully saturated rings. The summed E-state index contributed by atoms with van der Waals surface area (Å²) in [7, 11) is 2.93. The third kappa shape index (κ3) is 5.35. The van der Waals surface area contributed by atoms with E-state index in [2.05, 4.69) is 5.43 Å². The van der Waals surface area contributed by atoms with Crippen LogP contribution in [-0.4, -0.2) is 52.9 Å².